The zero-order chi connectivity index (χ0) is 23.2. The van der Waals surface area contributed by atoms with Crippen LogP contribution in [-0.2, 0) is 14.3 Å². The molecule has 2 amide bonds. The Kier molecular flexibility index (Phi) is 13.9. The van der Waals surface area contributed by atoms with E-state index >= 15 is 0 Å². The monoisotopic (exact) mass is 445 g/mol. The molecule has 0 saturated carbocycles. The second-order valence-corrected chi connectivity index (χ2v) is 8.57. The van der Waals surface area contributed by atoms with Crippen molar-refractivity contribution in [2.75, 3.05) is 6.61 Å². The van der Waals surface area contributed by atoms with Gasteiger partial charge in [0.2, 0.25) is 11.8 Å². The first kappa shape index (κ1) is 27.8. The molecule has 9 heteroatoms. The highest BCUT2D eigenvalue weighted by molar-refractivity contribution is 5.81. The zero-order valence-corrected chi connectivity index (χ0v) is 19.1. The fraction of sp³-hybridized carbons (Fsp3) is 0.909. The molecule has 0 aromatic rings. The SMILES string of the molecule is CCCCCCCCCCCCC(N)C(=O)N[C@@H]1O[C@H](CO)[C@@H](O)[C@H](O)[C@H]1NC(C)=O. The van der Waals surface area contributed by atoms with Gasteiger partial charge < -0.3 is 36.4 Å². The standard InChI is InChI=1S/C22H43N3O6/c1-3-4-5-6-7-8-9-10-11-12-13-16(23)21(30)25-22-18(24-15(2)27)20(29)19(28)17(14-26)31-22/h16-20,22,26,28-29H,3-14,23H2,1-2H3,(H,24,27)(H,25,30)/t16?,17-,18-,19-,20-,22-/m1/s1. The Morgan fingerprint density at radius 3 is 2.00 bits per heavy atom. The van der Waals surface area contributed by atoms with Crippen molar-refractivity contribution in [3.8, 4) is 0 Å². The van der Waals surface area contributed by atoms with Crippen LogP contribution >= 0.6 is 0 Å². The summed E-state index contributed by atoms with van der Waals surface area (Å²) >= 11 is 0. The molecule has 0 bridgehead atoms. The van der Waals surface area contributed by atoms with Crippen molar-refractivity contribution >= 4 is 11.8 Å². The maximum Gasteiger partial charge on any atom is 0.238 e. The van der Waals surface area contributed by atoms with Crippen LogP contribution in [0.2, 0.25) is 0 Å². The Balaban J connectivity index is 2.36. The first-order chi connectivity index (χ1) is 14.8. The molecule has 1 fully saturated rings. The average molecular weight is 446 g/mol. The molecule has 1 aliphatic rings. The van der Waals surface area contributed by atoms with E-state index in [0.717, 1.165) is 19.3 Å². The Labute approximate surface area is 186 Å². The average Bonchev–Trinajstić information content (AvgIpc) is 2.74. The minimum Gasteiger partial charge on any atom is -0.394 e. The Bertz CT molecular complexity index is 521. The van der Waals surface area contributed by atoms with Gasteiger partial charge in [0.1, 0.15) is 24.4 Å². The van der Waals surface area contributed by atoms with Crippen molar-refractivity contribution in [1.29, 1.82) is 0 Å². The summed E-state index contributed by atoms with van der Waals surface area (Å²) in [4.78, 5) is 23.9. The maximum absolute atomic E-state index is 12.5. The number of carbonyl (C=O) groups excluding carboxylic acids is 2. The van der Waals surface area contributed by atoms with Crippen LogP contribution in [0.15, 0.2) is 0 Å². The smallest absolute Gasteiger partial charge is 0.238 e. The fourth-order valence-corrected chi connectivity index (χ4v) is 3.87. The number of aliphatic hydroxyl groups excluding tert-OH is 3. The summed E-state index contributed by atoms with van der Waals surface area (Å²) in [5, 5.41) is 34.7. The third-order valence-corrected chi connectivity index (χ3v) is 5.79. The quantitative estimate of drug-likeness (QED) is 0.203. The summed E-state index contributed by atoms with van der Waals surface area (Å²) in [6.45, 7) is 2.93. The number of carbonyl (C=O) groups is 2. The Morgan fingerprint density at radius 1 is 0.935 bits per heavy atom. The molecule has 31 heavy (non-hydrogen) atoms. The van der Waals surface area contributed by atoms with Crippen LogP contribution in [0.3, 0.4) is 0 Å². The van der Waals surface area contributed by atoms with Gasteiger partial charge in [-0.3, -0.25) is 9.59 Å². The van der Waals surface area contributed by atoms with Crippen LogP contribution < -0.4 is 16.4 Å². The summed E-state index contributed by atoms with van der Waals surface area (Å²) < 4.78 is 5.50. The lowest BCUT2D eigenvalue weighted by Gasteiger charge is -2.42. The van der Waals surface area contributed by atoms with E-state index in [0.29, 0.717) is 6.42 Å². The van der Waals surface area contributed by atoms with Gasteiger partial charge in [-0.05, 0) is 6.42 Å². The van der Waals surface area contributed by atoms with E-state index in [1.54, 1.807) is 0 Å². The molecule has 6 atom stereocenters. The van der Waals surface area contributed by atoms with E-state index in [4.69, 9.17) is 10.5 Å². The van der Waals surface area contributed by atoms with Crippen molar-refractivity contribution in [1.82, 2.24) is 10.6 Å². The molecule has 0 aromatic heterocycles. The van der Waals surface area contributed by atoms with Crippen LogP contribution in [0.5, 0.6) is 0 Å². The van der Waals surface area contributed by atoms with E-state index in [1.807, 2.05) is 0 Å². The largest absolute Gasteiger partial charge is 0.394 e. The van der Waals surface area contributed by atoms with Crippen molar-refractivity contribution in [3.63, 3.8) is 0 Å². The molecular weight excluding hydrogens is 402 g/mol. The van der Waals surface area contributed by atoms with E-state index in [9.17, 15) is 24.9 Å². The molecule has 0 aromatic carbocycles. The minimum absolute atomic E-state index is 0.448. The Morgan fingerprint density at radius 2 is 1.48 bits per heavy atom. The normalized spacial score (nSPS) is 27.0. The summed E-state index contributed by atoms with van der Waals surface area (Å²) in [7, 11) is 0. The van der Waals surface area contributed by atoms with Crippen molar-refractivity contribution in [2.24, 2.45) is 5.73 Å². The van der Waals surface area contributed by atoms with Crippen LogP contribution in [0.4, 0.5) is 0 Å². The molecule has 0 spiro atoms. The maximum atomic E-state index is 12.5. The van der Waals surface area contributed by atoms with E-state index in [1.165, 1.54) is 51.9 Å². The first-order valence-electron chi connectivity index (χ1n) is 11.8. The molecule has 1 rings (SSSR count). The van der Waals surface area contributed by atoms with Crippen molar-refractivity contribution in [2.45, 2.75) is 121 Å². The molecule has 0 radical (unpaired) electrons. The van der Waals surface area contributed by atoms with Gasteiger partial charge in [-0.15, -0.1) is 0 Å². The lowest BCUT2D eigenvalue weighted by molar-refractivity contribution is -0.203. The van der Waals surface area contributed by atoms with Gasteiger partial charge in [-0.2, -0.15) is 0 Å². The van der Waals surface area contributed by atoms with Gasteiger partial charge in [0.15, 0.2) is 6.23 Å². The van der Waals surface area contributed by atoms with Crippen LogP contribution in [0.25, 0.3) is 0 Å². The number of nitrogens with two attached hydrogens (primary N) is 1. The summed E-state index contributed by atoms with van der Waals surface area (Å²) in [6.07, 6.45) is 7.47. The highest BCUT2D eigenvalue weighted by Crippen LogP contribution is 2.20. The lowest BCUT2D eigenvalue weighted by atomic mass is 9.95. The highest BCUT2D eigenvalue weighted by Gasteiger charge is 2.45. The van der Waals surface area contributed by atoms with Crippen molar-refractivity contribution in [3.05, 3.63) is 0 Å². The zero-order valence-electron chi connectivity index (χ0n) is 19.1. The lowest BCUT2D eigenvalue weighted by Crippen LogP contribution is -2.68. The third-order valence-electron chi connectivity index (χ3n) is 5.79. The molecule has 182 valence electrons. The van der Waals surface area contributed by atoms with E-state index < -0.39 is 55.0 Å². The van der Waals surface area contributed by atoms with Crippen LogP contribution in [-0.4, -0.2) is 70.4 Å². The van der Waals surface area contributed by atoms with Gasteiger partial charge in [-0.1, -0.05) is 71.1 Å². The van der Waals surface area contributed by atoms with Crippen molar-refractivity contribution < 1.29 is 29.6 Å². The van der Waals surface area contributed by atoms with Gasteiger partial charge >= 0.3 is 0 Å². The molecule has 1 aliphatic heterocycles. The number of unbranched alkanes of at least 4 members (excludes halogenated alkanes) is 9. The van der Waals surface area contributed by atoms with Crippen LogP contribution in [0, 0.1) is 0 Å². The topological polar surface area (TPSA) is 154 Å². The predicted octanol–water partition coefficient (Wildman–Crippen LogP) is 0.685. The number of amides is 2. The molecular formula is C22H43N3O6. The molecule has 1 saturated heterocycles. The van der Waals surface area contributed by atoms with Gasteiger partial charge in [0.25, 0.3) is 0 Å². The number of rotatable bonds is 15. The number of hydrogen-bond acceptors (Lipinski definition) is 7. The van der Waals surface area contributed by atoms with Gasteiger partial charge in [0, 0.05) is 6.92 Å². The summed E-state index contributed by atoms with van der Waals surface area (Å²) in [5.74, 6) is -0.909. The molecule has 9 nitrogen and oxygen atoms in total. The number of nitrogens with one attached hydrogen (secondary N) is 2. The van der Waals surface area contributed by atoms with E-state index in [2.05, 4.69) is 17.6 Å². The molecule has 1 heterocycles. The second-order valence-electron chi connectivity index (χ2n) is 8.57. The minimum atomic E-state index is -1.40. The predicted molar refractivity (Wildman–Crippen MR) is 118 cm³/mol. The Hall–Kier alpha value is -1.26. The van der Waals surface area contributed by atoms with Crippen LogP contribution in [0.1, 0.15) is 84.5 Å². The molecule has 0 aliphatic carbocycles. The highest BCUT2D eigenvalue weighted by atomic mass is 16.5. The van der Waals surface area contributed by atoms with E-state index in [-0.39, 0.29) is 0 Å². The van der Waals surface area contributed by atoms with Gasteiger partial charge in [0.05, 0.1) is 12.6 Å². The molecule has 7 N–H and O–H groups in total. The number of ether oxygens (including phenoxy) is 1. The van der Waals surface area contributed by atoms with Gasteiger partial charge in [-0.25, -0.2) is 0 Å². The number of aliphatic hydroxyl groups is 3. The molecule has 1 unspecified atom stereocenters. The second kappa shape index (κ2) is 15.5. The summed E-state index contributed by atoms with van der Waals surface area (Å²) in [6, 6.07) is -1.80. The number of hydrogen-bond donors (Lipinski definition) is 6. The summed E-state index contributed by atoms with van der Waals surface area (Å²) in [5.41, 5.74) is 6.00. The fourth-order valence-electron chi connectivity index (χ4n) is 3.87. The third kappa shape index (κ3) is 10.3. The first-order valence-corrected chi connectivity index (χ1v) is 11.8.